The highest BCUT2D eigenvalue weighted by Gasteiger charge is 2.30. The number of benzene rings is 4. The maximum absolute atomic E-state index is 13.2. The molecular formula is C33H30N3O8S2-. The number of hydrogen-bond acceptors (Lipinski definition) is 7. The van der Waals surface area contributed by atoms with Crippen molar-refractivity contribution in [2.75, 3.05) is 14.3 Å². The summed E-state index contributed by atoms with van der Waals surface area (Å²) in [5.74, 6) is -2.20. The van der Waals surface area contributed by atoms with Crippen LogP contribution in [0.15, 0.2) is 106 Å². The number of furan rings is 1. The Bertz CT molecular complexity index is 2030. The van der Waals surface area contributed by atoms with Gasteiger partial charge in [-0.15, -0.1) is 0 Å². The highest BCUT2D eigenvalue weighted by molar-refractivity contribution is 7.92. The van der Waals surface area contributed by atoms with Gasteiger partial charge in [0.05, 0.1) is 10.6 Å². The molecule has 0 radical (unpaired) electrons. The van der Waals surface area contributed by atoms with Gasteiger partial charge in [0.1, 0.15) is 11.6 Å². The quantitative estimate of drug-likeness (QED) is 0.141. The first-order chi connectivity index (χ1) is 21.9. The number of carboxylic acid groups (broad SMARTS) is 1. The zero-order chi connectivity index (χ0) is 33.2. The molecule has 2 atom stereocenters. The average Bonchev–Trinajstić information content (AvgIpc) is 3.37. The molecule has 0 aliphatic carbocycles. The van der Waals surface area contributed by atoms with Gasteiger partial charge in [0.15, 0.2) is 5.76 Å². The highest BCUT2D eigenvalue weighted by atomic mass is 32.2. The van der Waals surface area contributed by atoms with E-state index in [1.54, 1.807) is 93.6 Å². The summed E-state index contributed by atoms with van der Waals surface area (Å²) in [6.07, 6.45) is 0. The number of hydrogen-bond donors (Lipinski definition) is 3. The number of fused-ring (bicyclic) bond motifs is 1. The minimum Gasteiger partial charge on any atom is -0.755 e. The van der Waals surface area contributed by atoms with Crippen LogP contribution in [0.4, 0.5) is 17.1 Å². The van der Waals surface area contributed by atoms with Crippen LogP contribution in [0.2, 0.25) is 0 Å². The molecule has 0 fully saturated rings. The number of sulfonamides is 1. The summed E-state index contributed by atoms with van der Waals surface area (Å²) in [7, 11) is -3.88. The molecule has 13 heteroatoms. The van der Waals surface area contributed by atoms with Crippen molar-refractivity contribution in [3.05, 3.63) is 108 Å². The Morgan fingerprint density at radius 2 is 1.50 bits per heavy atom. The van der Waals surface area contributed by atoms with Crippen molar-refractivity contribution in [2.24, 2.45) is 5.92 Å². The lowest BCUT2D eigenvalue weighted by Crippen LogP contribution is -2.45. The number of nitrogens with zero attached hydrogens (tertiary/aromatic N) is 1. The third kappa shape index (κ3) is 6.66. The Morgan fingerprint density at radius 3 is 2.07 bits per heavy atom. The second-order valence-corrected chi connectivity index (χ2v) is 13.3. The first-order valence-electron chi connectivity index (χ1n) is 14.1. The second kappa shape index (κ2) is 13.2. The topological polar surface area (TPSA) is 169 Å². The first-order valence-corrected chi connectivity index (χ1v) is 16.6. The number of rotatable bonds is 11. The van der Waals surface area contributed by atoms with Crippen LogP contribution in [-0.4, -0.2) is 40.2 Å². The van der Waals surface area contributed by atoms with Crippen LogP contribution in [-0.2, 0) is 26.1 Å². The van der Waals surface area contributed by atoms with Crippen LogP contribution in [0, 0.1) is 12.8 Å². The minimum atomic E-state index is -3.88. The third-order valence-electron chi connectivity index (χ3n) is 7.35. The van der Waals surface area contributed by atoms with Crippen LogP contribution < -0.4 is 14.3 Å². The predicted molar refractivity (Wildman–Crippen MR) is 176 cm³/mol. The van der Waals surface area contributed by atoms with Gasteiger partial charge in [-0.1, -0.05) is 62.4 Å². The summed E-state index contributed by atoms with van der Waals surface area (Å²) in [5, 5.41) is 12.9. The van der Waals surface area contributed by atoms with E-state index >= 15 is 0 Å². The summed E-state index contributed by atoms with van der Waals surface area (Å²) in [5.41, 5.74) is 3.30. The molecule has 46 heavy (non-hydrogen) atoms. The molecule has 5 rings (SSSR count). The lowest BCUT2D eigenvalue weighted by atomic mass is 10.0. The molecule has 0 saturated carbocycles. The molecule has 0 bridgehead atoms. The van der Waals surface area contributed by atoms with Crippen molar-refractivity contribution < 1.29 is 36.3 Å². The van der Waals surface area contributed by atoms with E-state index in [1.165, 1.54) is 24.3 Å². The molecule has 4 aromatic carbocycles. The van der Waals surface area contributed by atoms with E-state index in [-0.39, 0.29) is 22.0 Å². The lowest BCUT2D eigenvalue weighted by molar-refractivity contribution is -0.139. The van der Waals surface area contributed by atoms with Crippen LogP contribution in [0.3, 0.4) is 0 Å². The van der Waals surface area contributed by atoms with E-state index in [0.29, 0.717) is 22.2 Å². The Morgan fingerprint density at radius 1 is 0.891 bits per heavy atom. The van der Waals surface area contributed by atoms with Gasteiger partial charge in [0.2, 0.25) is 0 Å². The van der Waals surface area contributed by atoms with E-state index in [2.05, 4.69) is 10.0 Å². The summed E-state index contributed by atoms with van der Waals surface area (Å²) in [4.78, 5) is 25.1. The van der Waals surface area contributed by atoms with Gasteiger partial charge in [-0.3, -0.25) is 18.0 Å². The van der Waals surface area contributed by atoms with E-state index in [9.17, 15) is 31.9 Å². The fourth-order valence-electron chi connectivity index (χ4n) is 5.14. The first kappa shape index (κ1) is 32.4. The summed E-state index contributed by atoms with van der Waals surface area (Å²) in [6, 6.07) is 24.9. The minimum absolute atomic E-state index is 0.0300. The number of amides is 1. The number of anilines is 3. The van der Waals surface area contributed by atoms with Crippen LogP contribution in [0.1, 0.15) is 30.0 Å². The van der Waals surface area contributed by atoms with Crippen LogP contribution >= 0.6 is 0 Å². The Hall–Kier alpha value is -4.98. The zero-order valence-corrected chi connectivity index (χ0v) is 26.6. The molecule has 11 nitrogen and oxygen atoms in total. The van der Waals surface area contributed by atoms with E-state index in [1.807, 2.05) is 0 Å². The van der Waals surface area contributed by atoms with Gasteiger partial charge in [-0.25, -0.2) is 13.2 Å². The number of carbonyl (C=O) groups excluding carboxylic acids is 1. The van der Waals surface area contributed by atoms with E-state index in [4.69, 9.17) is 4.42 Å². The monoisotopic (exact) mass is 660 g/mol. The molecule has 5 aromatic rings. The van der Waals surface area contributed by atoms with E-state index in [0.717, 1.165) is 15.4 Å². The fourth-order valence-corrected chi connectivity index (χ4v) is 7.04. The van der Waals surface area contributed by atoms with Crippen molar-refractivity contribution in [1.82, 2.24) is 0 Å². The summed E-state index contributed by atoms with van der Waals surface area (Å²) in [6.45, 7) is 4.95. The number of carbonyl (C=O) groups is 2. The summed E-state index contributed by atoms with van der Waals surface area (Å²) < 4.78 is 59.0. The third-order valence-corrected chi connectivity index (χ3v) is 9.49. The molecule has 0 aliphatic rings. The van der Waals surface area contributed by atoms with Gasteiger partial charge >= 0.3 is 5.97 Å². The van der Waals surface area contributed by atoms with Crippen molar-refractivity contribution in [1.29, 1.82) is 0 Å². The standard InChI is InChI=1S/C33H31N3O8S2/c1-20(2)30(33(38)39)36(45(40)41)25-18-14-23(15-19-25)22-12-16-24(17-13-22)34-32(37)31-21(3)29-27(10-7-11-28(29)44-31)35-46(42,43)26-8-5-4-6-9-26/h4-20,30,35H,1-3H3,(H,34,37)(H,38,39)(H,40,41)/p-1. The SMILES string of the molecule is Cc1c(C(=O)Nc2ccc(-c3ccc(N(C(C(=O)O)C(C)C)S(=O)[O-])cc3)cc2)oc2cccc(NS(=O)(=O)c3ccccc3)c12. The highest BCUT2D eigenvalue weighted by Crippen LogP contribution is 2.34. The van der Waals surface area contributed by atoms with E-state index < -0.39 is 45.1 Å². The smallest absolute Gasteiger partial charge is 0.327 e. The number of nitrogens with one attached hydrogen (secondary N) is 2. The van der Waals surface area contributed by atoms with Crippen molar-refractivity contribution in [3.63, 3.8) is 0 Å². The summed E-state index contributed by atoms with van der Waals surface area (Å²) >= 11 is -2.80. The molecule has 0 saturated heterocycles. The predicted octanol–water partition coefficient (Wildman–Crippen LogP) is 6.17. The van der Waals surface area contributed by atoms with Gasteiger partial charge < -0.3 is 19.4 Å². The van der Waals surface area contributed by atoms with Crippen LogP contribution in [0.5, 0.6) is 0 Å². The Labute approximate surface area is 268 Å². The number of carboxylic acids is 1. The number of aryl methyl sites for hydroxylation is 1. The fraction of sp³-hybridized carbons (Fsp3) is 0.152. The molecule has 2 unspecified atom stereocenters. The largest absolute Gasteiger partial charge is 0.755 e. The molecule has 1 amide bonds. The average molecular weight is 661 g/mol. The number of aliphatic carboxylic acids is 1. The molecule has 238 valence electrons. The second-order valence-electron chi connectivity index (χ2n) is 10.8. The van der Waals surface area contributed by atoms with Gasteiger partial charge in [-0.05, 0) is 72.5 Å². The van der Waals surface area contributed by atoms with Crippen molar-refractivity contribution in [2.45, 2.75) is 31.7 Å². The molecule has 3 N–H and O–H groups in total. The maximum atomic E-state index is 13.2. The van der Waals surface area contributed by atoms with Crippen LogP contribution in [0.25, 0.3) is 22.1 Å². The molecule has 1 heterocycles. The zero-order valence-electron chi connectivity index (χ0n) is 25.0. The van der Waals surface area contributed by atoms with Crippen molar-refractivity contribution >= 4 is 61.2 Å². The van der Waals surface area contributed by atoms with Crippen molar-refractivity contribution in [3.8, 4) is 11.1 Å². The van der Waals surface area contributed by atoms with Gasteiger partial charge in [0.25, 0.3) is 15.9 Å². The Kier molecular flexibility index (Phi) is 9.28. The molecule has 0 aliphatic heterocycles. The lowest BCUT2D eigenvalue weighted by Gasteiger charge is -2.34. The molecule has 1 aromatic heterocycles. The van der Waals surface area contributed by atoms with Gasteiger partial charge in [-0.2, -0.15) is 0 Å². The normalized spacial score (nSPS) is 12.9. The molecule has 0 spiro atoms. The Balaban J connectivity index is 1.33. The molecular weight excluding hydrogens is 631 g/mol. The van der Waals surface area contributed by atoms with Gasteiger partial charge in [0, 0.05) is 33.6 Å². The maximum Gasteiger partial charge on any atom is 0.327 e.